The molecular formula is C14H10BrN5S. The van der Waals surface area contributed by atoms with Gasteiger partial charge in [-0.25, -0.2) is 5.10 Å². The Morgan fingerprint density at radius 3 is 2.71 bits per heavy atom. The van der Waals surface area contributed by atoms with Crippen LogP contribution in [0.3, 0.4) is 0 Å². The van der Waals surface area contributed by atoms with Gasteiger partial charge in [0.1, 0.15) is 0 Å². The van der Waals surface area contributed by atoms with Crippen LogP contribution in [-0.4, -0.2) is 26.1 Å². The van der Waals surface area contributed by atoms with E-state index in [0.717, 1.165) is 15.6 Å². The summed E-state index contributed by atoms with van der Waals surface area (Å²) in [5, 5.41) is 11.4. The minimum atomic E-state index is 0.436. The lowest BCUT2D eigenvalue weighted by atomic mass is 10.2. The SMILES string of the molecule is S=c1[nH]nc(-c2ccccc2Br)n1/N=C/c1ccncc1. The Balaban J connectivity index is 2.05. The number of hydrogen-bond donors (Lipinski definition) is 1. The van der Waals surface area contributed by atoms with Gasteiger partial charge in [0.2, 0.25) is 4.77 Å². The number of rotatable bonds is 3. The molecule has 0 aliphatic carbocycles. The number of halogens is 1. The standard InChI is InChI=1S/C14H10BrN5S/c15-12-4-2-1-3-11(12)13-18-19-14(21)20(13)17-9-10-5-7-16-8-6-10/h1-9H,(H,19,21)/b17-9+. The summed E-state index contributed by atoms with van der Waals surface area (Å²) in [6.45, 7) is 0. The van der Waals surface area contributed by atoms with E-state index >= 15 is 0 Å². The van der Waals surface area contributed by atoms with Crippen LogP contribution in [0.4, 0.5) is 0 Å². The molecule has 0 spiro atoms. The maximum Gasteiger partial charge on any atom is 0.216 e. The van der Waals surface area contributed by atoms with Gasteiger partial charge in [0.05, 0.1) is 6.21 Å². The van der Waals surface area contributed by atoms with Crippen LogP contribution < -0.4 is 0 Å². The van der Waals surface area contributed by atoms with Crippen LogP contribution in [0.15, 0.2) is 58.4 Å². The lowest BCUT2D eigenvalue weighted by Gasteiger charge is -2.03. The molecule has 0 amide bonds. The number of pyridine rings is 1. The molecule has 0 fully saturated rings. The molecule has 1 aromatic carbocycles. The Morgan fingerprint density at radius 2 is 1.95 bits per heavy atom. The third kappa shape index (κ3) is 2.98. The second-order valence-electron chi connectivity index (χ2n) is 4.17. The minimum Gasteiger partial charge on any atom is -0.265 e. The van der Waals surface area contributed by atoms with E-state index in [2.05, 4.69) is 36.2 Å². The van der Waals surface area contributed by atoms with Gasteiger partial charge in [0.25, 0.3) is 0 Å². The van der Waals surface area contributed by atoms with Gasteiger partial charge < -0.3 is 0 Å². The maximum absolute atomic E-state index is 5.24. The molecule has 0 saturated heterocycles. The number of hydrogen-bond acceptors (Lipinski definition) is 4. The van der Waals surface area contributed by atoms with E-state index in [9.17, 15) is 0 Å². The molecule has 0 aliphatic heterocycles. The van der Waals surface area contributed by atoms with Crippen molar-refractivity contribution in [3.05, 3.63) is 63.6 Å². The van der Waals surface area contributed by atoms with E-state index in [-0.39, 0.29) is 0 Å². The Morgan fingerprint density at radius 1 is 1.19 bits per heavy atom. The van der Waals surface area contributed by atoms with Crippen molar-refractivity contribution in [2.75, 3.05) is 0 Å². The van der Waals surface area contributed by atoms with E-state index in [1.54, 1.807) is 23.3 Å². The van der Waals surface area contributed by atoms with Crippen molar-refractivity contribution in [2.24, 2.45) is 5.10 Å². The van der Waals surface area contributed by atoms with E-state index < -0.39 is 0 Å². The predicted octanol–water partition coefficient (Wildman–Crippen LogP) is 3.65. The van der Waals surface area contributed by atoms with Gasteiger partial charge in [-0.3, -0.25) is 4.98 Å². The average Bonchev–Trinajstić information content (AvgIpc) is 2.88. The first-order chi connectivity index (χ1) is 10.3. The van der Waals surface area contributed by atoms with Gasteiger partial charge in [0, 0.05) is 22.4 Å². The quantitative estimate of drug-likeness (QED) is 0.573. The van der Waals surface area contributed by atoms with Gasteiger partial charge in [-0.2, -0.15) is 14.9 Å². The molecule has 3 rings (SSSR count). The normalized spacial score (nSPS) is 11.1. The molecule has 0 atom stereocenters. The Bertz CT molecular complexity index is 838. The zero-order valence-corrected chi connectivity index (χ0v) is 13.2. The average molecular weight is 360 g/mol. The number of H-pyrrole nitrogens is 1. The fraction of sp³-hybridized carbons (Fsp3) is 0. The molecule has 5 nitrogen and oxygen atoms in total. The molecule has 0 unspecified atom stereocenters. The molecule has 2 aromatic heterocycles. The third-order valence-electron chi connectivity index (χ3n) is 2.79. The molecule has 0 bridgehead atoms. The Hall–Kier alpha value is -2.12. The van der Waals surface area contributed by atoms with Crippen LogP contribution in [0.25, 0.3) is 11.4 Å². The van der Waals surface area contributed by atoms with Crippen LogP contribution in [-0.2, 0) is 0 Å². The molecule has 0 saturated carbocycles. The maximum atomic E-state index is 5.24. The summed E-state index contributed by atoms with van der Waals surface area (Å²) in [7, 11) is 0. The lowest BCUT2D eigenvalue weighted by Crippen LogP contribution is -1.95. The van der Waals surface area contributed by atoms with Gasteiger partial charge in [-0.1, -0.05) is 28.1 Å². The lowest BCUT2D eigenvalue weighted by molar-refractivity contribution is 0.871. The first kappa shape index (κ1) is 13.8. The summed E-state index contributed by atoms with van der Waals surface area (Å²) < 4.78 is 2.96. The van der Waals surface area contributed by atoms with Gasteiger partial charge >= 0.3 is 0 Å². The molecule has 2 heterocycles. The second-order valence-corrected chi connectivity index (χ2v) is 5.41. The van der Waals surface area contributed by atoms with Gasteiger partial charge in [-0.15, -0.1) is 0 Å². The summed E-state index contributed by atoms with van der Waals surface area (Å²) >= 11 is 8.75. The van der Waals surface area contributed by atoms with Crippen molar-refractivity contribution < 1.29 is 0 Å². The van der Waals surface area contributed by atoms with Crippen LogP contribution in [0, 0.1) is 4.77 Å². The van der Waals surface area contributed by atoms with E-state index in [1.807, 2.05) is 36.4 Å². The summed E-state index contributed by atoms with van der Waals surface area (Å²) in [5.74, 6) is 0.651. The highest BCUT2D eigenvalue weighted by Gasteiger charge is 2.10. The zero-order valence-electron chi connectivity index (χ0n) is 10.8. The van der Waals surface area contributed by atoms with Crippen molar-refractivity contribution in [3.63, 3.8) is 0 Å². The fourth-order valence-electron chi connectivity index (χ4n) is 1.79. The van der Waals surface area contributed by atoms with Crippen LogP contribution >= 0.6 is 28.1 Å². The van der Waals surface area contributed by atoms with Crippen molar-refractivity contribution >= 4 is 34.4 Å². The summed E-state index contributed by atoms with van der Waals surface area (Å²) in [6.07, 6.45) is 5.14. The summed E-state index contributed by atoms with van der Waals surface area (Å²) in [5.41, 5.74) is 1.85. The highest BCUT2D eigenvalue weighted by molar-refractivity contribution is 9.10. The monoisotopic (exact) mass is 359 g/mol. The summed E-state index contributed by atoms with van der Waals surface area (Å²) in [4.78, 5) is 3.97. The second kappa shape index (κ2) is 6.11. The van der Waals surface area contributed by atoms with Crippen LogP contribution in [0.5, 0.6) is 0 Å². The Labute approximate surface area is 134 Å². The van der Waals surface area contributed by atoms with E-state index in [0.29, 0.717) is 10.6 Å². The van der Waals surface area contributed by atoms with E-state index in [4.69, 9.17) is 12.2 Å². The highest BCUT2D eigenvalue weighted by Crippen LogP contribution is 2.26. The number of aromatic amines is 1. The van der Waals surface area contributed by atoms with Crippen LogP contribution in [0.1, 0.15) is 5.56 Å². The first-order valence-electron chi connectivity index (χ1n) is 6.12. The Kier molecular flexibility index (Phi) is 4.03. The largest absolute Gasteiger partial charge is 0.265 e. The molecule has 1 N–H and O–H groups in total. The number of benzene rings is 1. The fourth-order valence-corrected chi connectivity index (χ4v) is 2.43. The molecule has 7 heteroatoms. The van der Waals surface area contributed by atoms with Crippen molar-refractivity contribution in [1.29, 1.82) is 0 Å². The summed E-state index contributed by atoms with van der Waals surface area (Å²) in [6, 6.07) is 11.5. The molecule has 0 aliphatic rings. The smallest absolute Gasteiger partial charge is 0.216 e. The first-order valence-corrected chi connectivity index (χ1v) is 7.32. The minimum absolute atomic E-state index is 0.436. The molecular weight excluding hydrogens is 350 g/mol. The van der Waals surface area contributed by atoms with Crippen LogP contribution in [0.2, 0.25) is 0 Å². The topological polar surface area (TPSA) is 58.9 Å². The van der Waals surface area contributed by atoms with E-state index in [1.165, 1.54) is 0 Å². The van der Waals surface area contributed by atoms with Crippen molar-refractivity contribution in [2.45, 2.75) is 0 Å². The van der Waals surface area contributed by atoms with Crippen molar-refractivity contribution in [3.8, 4) is 11.4 Å². The molecule has 104 valence electrons. The zero-order chi connectivity index (χ0) is 14.7. The molecule has 21 heavy (non-hydrogen) atoms. The number of nitrogens with one attached hydrogen (secondary N) is 1. The number of nitrogens with zero attached hydrogens (tertiary/aromatic N) is 4. The number of aromatic nitrogens is 4. The third-order valence-corrected chi connectivity index (χ3v) is 3.75. The molecule has 3 aromatic rings. The predicted molar refractivity (Wildman–Crippen MR) is 87.8 cm³/mol. The van der Waals surface area contributed by atoms with Crippen molar-refractivity contribution in [1.82, 2.24) is 19.9 Å². The molecule has 0 radical (unpaired) electrons. The van der Waals surface area contributed by atoms with Gasteiger partial charge in [-0.05, 0) is 42.0 Å². The van der Waals surface area contributed by atoms with Gasteiger partial charge in [0.15, 0.2) is 5.82 Å². The highest BCUT2D eigenvalue weighted by atomic mass is 79.9.